The minimum absolute atomic E-state index is 0.0909. The first-order valence-electron chi connectivity index (χ1n) is 10.9. The average Bonchev–Trinajstić information content (AvgIpc) is 3.29. The highest BCUT2D eigenvalue weighted by Crippen LogP contribution is 2.41. The van der Waals surface area contributed by atoms with Crippen LogP contribution in [0.5, 0.6) is 11.5 Å². The van der Waals surface area contributed by atoms with Gasteiger partial charge < -0.3 is 14.0 Å². The van der Waals surface area contributed by atoms with Crippen molar-refractivity contribution in [2.24, 2.45) is 4.99 Å². The predicted molar refractivity (Wildman–Crippen MR) is 118 cm³/mol. The molecule has 32 heavy (non-hydrogen) atoms. The van der Waals surface area contributed by atoms with E-state index >= 15 is 0 Å². The minimum Gasteiger partial charge on any atom is -0.493 e. The summed E-state index contributed by atoms with van der Waals surface area (Å²) >= 11 is 0. The number of fused-ring (bicyclic) bond motifs is 2. The number of benzene rings is 1. The Morgan fingerprint density at radius 1 is 1.06 bits per heavy atom. The van der Waals surface area contributed by atoms with Crippen LogP contribution in [0.3, 0.4) is 0 Å². The molecule has 2 aromatic rings. The van der Waals surface area contributed by atoms with Gasteiger partial charge in [0.25, 0.3) is 10.0 Å². The summed E-state index contributed by atoms with van der Waals surface area (Å²) in [5, 5.41) is 5.54. The Bertz CT molecular complexity index is 1130. The summed E-state index contributed by atoms with van der Waals surface area (Å²) in [6.07, 6.45) is 10.4. The molecule has 3 aliphatic rings. The molecule has 172 valence electrons. The van der Waals surface area contributed by atoms with E-state index in [1.165, 1.54) is 50.3 Å². The molecule has 1 aromatic carbocycles. The van der Waals surface area contributed by atoms with Crippen molar-refractivity contribution in [2.75, 3.05) is 20.8 Å². The smallest absolute Gasteiger partial charge is 0.281 e. The summed E-state index contributed by atoms with van der Waals surface area (Å²) < 4.78 is 41.4. The largest absolute Gasteiger partial charge is 0.493 e. The van der Waals surface area contributed by atoms with Gasteiger partial charge in [0.2, 0.25) is 0 Å². The quantitative estimate of drug-likeness (QED) is 0.731. The number of nitrogens with zero attached hydrogens (tertiary/aromatic N) is 5. The van der Waals surface area contributed by atoms with Crippen LogP contribution in [0, 0.1) is 0 Å². The lowest BCUT2D eigenvalue weighted by molar-refractivity contribution is 0.0151. The van der Waals surface area contributed by atoms with E-state index in [2.05, 4.69) is 19.9 Å². The zero-order chi connectivity index (χ0) is 22.3. The lowest BCUT2D eigenvalue weighted by atomic mass is 9.95. The number of rotatable bonds is 5. The van der Waals surface area contributed by atoms with E-state index in [1.54, 1.807) is 12.4 Å². The molecule has 11 heteroatoms. The third kappa shape index (κ3) is 3.54. The molecule has 0 spiro atoms. The van der Waals surface area contributed by atoms with E-state index in [1.807, 2.05) is 11.2 Å². The van der Waals surface area contributed by atoms with Crippen LogP contribution in [-0.2, 0) is 16.6 Å². The topological polar surface area (TPSA) is 101 Å². The maximum atomic E-state index is 13.7. The van der Waals surface area contributed by atoms with Crippen molar-refractivity contribution in [3.63, 3.8) is 0 Å². The fourth-order valence-corrected chi connectivity index (χ4v) is 6.21. The van der Waals surface area contributed by atoms with Crippen molar-refractivity contribution in [1.29, 1.82) is 0 Å². The highest BCUT2D eigenvalue weighted by Gasteiger charge is 2.41. The minimum atomic E-state index is -3.89. The van der Waals surface area contributed by atoms with E-state index in [-0.39, 0.29) is 11.1 Å². The summed E-state index contributed by atoms with van der Waals surface area (Å²) in [5.74, 6) is 0.784. The van der Waals surface area contributed by atoms with Gasteiger partial charge in [-0.05, 0) is 12.8 Å². The zero-order valence-corrected chi connectivity index (χ0v) is 19.1. The average molecular weight is 461 g/mol. The van der Waals surface area contributed by atoms with Gasteiger partial charge in [0.1, 0.15) is 17.4 Å². The van der Waals surface area contributed by atoms with Gasteiger partial charge in [0.05, 0.1) is 38.1 Å². The molecule has 2 aliphatic heterocycles. The maximum absolute atomic E-state index is 13.7. The van der Waals surface area contributed by atoms with E-state index in [0.717, 1.165) is 18.5 Å². The molecule has 1 unspecified atom stereocenters. The standard InChI is InChI=1S/C21H28N6O4S/c1-30-18-10-16-20(11-19(18)31-2)32(28,29)27(14-23-16)26-9-8-25-13-22-12-17(25)21(26)24-15-6-4-3-5-7-15/h10-15,21,24H,3-9H2,1-2H3. The van der Waals surface area contributed by atoms with Crippen molar-refractivity contribution < 1.29 is 17.9 Å². The molecule has 1 fully saturated rings. The first-order chi connectivity index (χ1) is 15.5. The molecule has 1 atom stereocenters. The molecular formula is C21H28N6O4S. The number of hydrazine groups is 1. The molecule has 3 heterocycles. The first-order valence-corrected chi connectivity index (χ1v) is 12.3. The van der Waals surface area contributed by atoms with Crippen LogP contribution in [0.15, 0.2) is 34.5 Å². The van der Waals surface area contributed by atoms with Crippen LogP contribution in [0.2, 0.25) is 0 Å². The molecule has 1 saturated carbocycles. The number of sulfonamides is 1. The van der Waals surface area contributed by atoms with Crippen LogP contribution >= 0.6 is 0 Å². The summed E-state index contributed by atoms with van der Waals surface area (Å²) in [5.41, 5.74) is 1.28. The van der Waals surface area contributed by atoms with Gasteiger partial charge in [-0.1, -0.05) is 19.3 Å². The summed E-state index contributed by atoms with van der Waals surface area (Å²) in [4.78, 5) is 8.84. The number of hydrogen-bond donors (Lipinski definition) is 1. The first kappa shape index (κ1) is 21.2. The zero-order valence-electron chi connectivity index (χ0n) is 18.3. The monoisotopic (exact) mass is 460 g/mol. The van der Waals surface area contributed by atoms with Crippen molar-refractivity contribution in [3.05, 3.63) is 30.4 Å². The Morgan fingerprint density at radius 2 is 1.81 bits per heavy atom. The van der Waals surface area contributed by atoms with Gasteiger partial charge in [0, 0.05) is 31.3 Å². The summed E-state index contributed by atoms with van der Waals surface area (Å²) in [6.45, 7) is 1.14. The number of nitrogens with one attached hydrogen (secondary N) is 1. The van der Waals surface area contributed by atoms with Gasteiger partial charge in [-0.3, -0.25) is 5.32 Å². The van der Waals surface area contributed by atoms with E-state index in [0.29, 0.717) is 36.3 Å². The van der Waals surface area contributed by atoms with Crippen molar-refractivity contribution in [1.82, 2.24) is 24.3 Å². The maximum Gasteiger partial charge on any atom is 0.281 e. The van der Waals surface area contributed by atoms with Gasteiger partial charge in [-0.15, -0.1) is 0 Å². The number of methoxy groups -OCH3 is 2. The fraction of sp³-hybridized carbons (Fsp3) is 0.524. The molecule has 0 bridgehead atoms. The van der Waals surface area contributed by atoms with Crippen LogP contribution in [0.25, 0.3) is 0 Å². The third-order valence-corrected chi connectivity index (χ3v) is 8.11. The van der Waals surface area contributed by atoms with Crippen molar-refractivity contribution >= 4 is 22.0 Å². The van der Waals surface area contributed by atoms with Crippen LogP contribution < -0.4 is 14.8 Å². The van der Waals surface area contributed by atoms with Crippen molar-refractivity contribution in [2.45, 2.75) is 55.8 Å². The van der Waals surface area contributed by atoms with E-state index < -0.39 is 10.0 Å². The molecule has 1 aliphatic carbocycles. The lowest BCUT2D eigenvalue weighted by Crippen LogP contribution is -2.57. The Morgan fingerprint density at radius 3 is 2.56 bits per heavy atom. The predicted octanol–water partition coefficient (Wildman–Crippen LogP) is 2.42. The van der Waals surface area contributed by atoms with E-state index in [4.69, 9.17) is 9.47 Å². The van der Waals surface area contributed by atoms with Crippen LogP contribution in [0.1, 0.15) is 44.0 Å². The number of hydrogen-bond acceptors (Lipinski definition) is 8. The number of aliphatic imine (C=N–C) groups is 1. The van der Waals surface area contributed by atoms with Crippen LogP contribution in [-0.4, -0.2) is 60.5 Å². The summed E-state index contributed by atoms with van der Waals surface area (Å²) in [7, 11) is -0.902. The molecule has 0 radical (unpaired) electrons. The summed E-state index contributed by atoms with van der Waals surface area (Å²) in [6, 6.07) is 3.40. The highest BCUT2D eigenvalue weighted by atomic mass is 32.2. The van der Waals surface area contributed by atoms with Gasteiger partial charge in [-0.2, -0.15) is 17.8 Å². The van der Waals surface area contributed by atoms with Gasteiger partial charge >= 0.3 is 0 Å². The molecule has 0 saturated heterocycles. The molecule has 1 N–H and O–H groups in total. The van der Waals surface area contributed by atoms with Gasteiger partial charge in [-0.25, -0.2) is 9.98 Å². The lowest BCUT2D eigenvalue weighted by Gasteiger charge is -2.44. The highest BCUT2D eigenvalue weighted by molar-refractivity contribution is 7.89. The Hall–Kier alpha value is -2.63. The Balaban J connectivity index is 1.52. The second kappa shape index (κ2) is 8.38. The van der Waals surface area contributed by atoms with Crippen molar-refractivity contribution in [3.8, 4) is 11.5 Å². The molecule has 5 rings (SSSR count). The number of aromatic nitrogens is 2. The second-order valence-electron chi connectivity index (χ2n) is 8.28. The third-order valence-electron chi connectivity index (χ3n) is 6.43. The molecule has 1 aromatic heterocycles. The molecule has 10 nitrogen and oxygen atoms in total. The normalized spacial score (nSPS) is 22.9. The number of ether oxygens (including phenoxy) is 2. The molecular weight excluding hydrogens is 432 g/mol. The molecule has 0 amide bonds. The van der Waals surface area contributed by atoms with Gasteiger partial charge in [0.15, 0.2) is 11.5 Å². The fourth-order valence-electron chi connectivity index (χ4n) is 4.75. The SMILES string of the molecule is COc1cc2c(cc1OC)S(=O)(=O)N(N1CCn3cncc3C1NC1CCCCC1)C=N2. The van der Waals surface area contributed by atoms with Crippen LogP contribution in [0.4, 0.5) is 5.69 Å². The Kier molecular flexibility index (Phi) is 5.56. The number of imidazole rings is 1. The Labute approximate surface area is 187 Å². The second-order valence-corrected chi connectivity index (χ2v) is 10.0. The van der Waals surface area contributed by atoms with E-state index in [9.17, 15) is 8.42 Å².